The van der Waals surface area contributed by atoms with E-state index in [1.165, 1.54) is 29.1 Å². The summed E-state index contributed by atoms with van der Waals surface area (Å²) in [5.74, 6) is 0.434. The molecule has 0 heterocycles. The maximum atomic E-state index is 11.4. The number of nitrogens with zero attached hydrogens (tertiary/aromatic N) is 1. The highest BCUT2D eigenvalue weighted by molar-refractivity contribution is 8.00. The molecule has 0 amide bonds. The topological polar surface area (TPSA) is 35.5 Å². The van der Waals surface area contributed by atoms with Crippen molar-refractivity contribution in [3.8, 4) is 5.75 Å². The van der Waals surface area contributed by atoms with Crippen LogP contribution in [-0.2, 0) is 10.8 Å². The second-order valence-electron chi connectivity index (χ2n) is 13.2. The van der Waals surface area contributed by atoms with Crippen LogP contribution in [0, 0.1) is 0 Å². The summed E-state index contributed by atoms with van der Waals surface area (Å²) in [5.41, 5.74) is 6.17. The summed E-state index contributed by atoms with van der Waals surface area (Å²) < 4.78 is 0. The Bertz CT molecular complexity index is 1370. The predicted molar refractivity (Wildman–Crippen MR) is 184 cm³/mol. The molecular weight excluding hydrogens is 532 g/mol. The van der Waals surface area contributed by atoms with Crippen LogP contribution >= 0.6 is 11.8 Å². The molecule has 1 unspecified atom stereocenters. The third-order valence-corrected chi connectivity index (χ3v) is 8.78. The summed E-state index contributed by atoms with van der Waals surface area (Å²) in [6, 6.07) is 34.3. The quantitative estimate of drug-likeness (QED) is 0.105. The molecule has 4 rings (SSSR count). The van der Waals surface area contributed by atoms with Crippen LogP contribution in [0.25, 0.3) is 0 Å². The van der Waals surface area contributed by atoms with E-state index in [-0.39, 0.29) is 16.2 Å². The molecule has 0 aliphatic carbocycles. The van der Waals surface area contributed by atoms with E-state index in [4.69, 9.17) is 0 Å². The molecule has 0 aromatic heterocycles. The summed E-state index contributed by atoms with van der Waals surface area (Å²) in [4.78, 5) is 3.69. The average Bonchev–Trinajstić information content (AvgIpc) is 2.95. The highest BCUT2D eigenvalue weighted by Crippen LogP contribution is 2.45. The van der Waals surface area contributed by atoms with Crippen LogP contribution < -0.4 is 10.2 Å². The number of anilines is 4. The zero-order chi connectivity index (χ0) is 30.3. The molecule has 0 bridgehead atoms. The van der Waals surface area contributed by atoms with E-state index in [0.29, 0.717) is 5.75 Å². The first-order valence-corrected chi connectivity index (χ1v) is 16.2. The third kappa shape index (κ3) is 8.13. The van der Waals surface area contributed by atoms with Gasteiger partial charge in [0.25, 0.3) is 0 Å². The fourth-order valence-corrected chi connectivity index (χ4v) is 6.57. The van der Waals surface area contributed by atoms with Crippen molar-refractivity contribution in [1.29, 1.82) is 0 Å². The van der Waals surface area contributed by atoms with Gasteiger partial charge in [0.05, 0.1) is 5.37 Å². The first-order valence-electron chi connectivity index (χ1n) is 15.3. The van der Waals surface area contributed by atoms with E-state index >= 15 is 0 Å². The van der Waals surface area contributed by atoms with E-state index in [0.717, 1.165) is 35.3 Å². The SMILES string of the molecule is CCCCCC(Sc1cc(C(C)(C)C)c(O)c(C(C)(C)C)c1)N(c1ccccc1)c1ccc(Nc2ccccc2)cc1. The maximum absolute atomic E-state index is 11.4. The third-order valence-electron chi connectivity index (χ3n) is 7.56. The molecule has 222 valence electrons. The Kier molecular flexibility index (Phi) is 10.3. The second-order valence-corrected chi connectivity index (χ2v) is 14.4. The van der Waals surface area contributed by atoms with Crippen LogP contribution in [0.3, 0.4) is 0 Å². The molecule has 42 heavy (non-hydrogen) atoms. The summed E-state index contributed by atoms with van der Waals surface area (Å²) in [6.07, 6.45) is 4.59. The Balaban J connectivity index is 1.77. The maximum Gasteiger partial charge on any atom is 0.123 e. The van der Waals surface area contributed by atoms with Crippen molar-refractivity contribution in [2.45, 2.75) is 95.2 Å². The van der Waals surface area contributed by atoms with Crippen molar-refractivity contribution >= 4 is 34.5 Å². The van der Waals surface area contributed by atoms with Gasteiger partial charge in [0.15, 0.2) is 0 Å². The summed E-state index contributed by atoms with van der Waals surface area (Å²) in [7, 11) is 0. The summed E-state index contributed by atoms with van der Waals surface area (Å²) >= 11 is 1.91. The smallest absolute Gasteiger partial charge is 0.123 e. The molecule has 2 N–H and O–H groups in total. The van der Waals surface area contributed by atoms with Crippen molar-refractivity contribution in [3.63, 3.8) is 0 Å². The van der Waals surface area contributed by atoms with Crippen LogP contribution in [0.15, 0.2) is 102 Å². The lowest BCUT2D eigenvalue weighted by Gasteiger charge is -2.35. The van der Waals surface area contributed by atoms with Crippen molar-refractivity contribution in [2.24, 2.45) is 0 Å². The van der Waals surface area contributed by atoms with Gasteiger partial charge >= 0.3 is 0 Å². The first-order chi connectivity index (χ1) is 20.0. The molecule has 4 aromatic rings. The summed E-state index contributed by atoms with van der Waals surface area (Å²) in [5, 5.41) is 15.1. The van der Waals surface area contributed by atoms with E-state index in [1.807, 2.05) is 30.0 Å². The van der Waals surface area contributed by atoms with Crippen molar-refractivity contribution in [3.05, 3.63) is 108 Å². The number of nitrogens with one attached hydrogen (secondary N) is 1. The normalized spacial score (nSPS) is 12.6. The van der Waals surface area contributed by atoms with Gasteiger partial charge in [-0.1, -0.05) is 104 Å². The van der Waals surface area contributed by atoms with Crippen molar-refractivity contribution in [1.82, 2.24) is 0 Å². The minimum absolute atomic E-state index is 0.168. The molecule has 0 fully saturated rings. The fraction of sp³-hybridized carbons (Fsp3) is 0.368. The number of thioether (sulfide) groups is 1. The van der Waals surface area contributed by atoms with Gasteiger partial charge in [-0.2, -0.15) is 0 Å². The Morgan fingerprint density at radius 3 is 1.71 bits per heavy atom. The van der Waals surface area contributed by atoms with Crippen LogP contribution in [0.4, 0.5) is 22.7 Å². The van der Waals surface area contributed by atoms with Gasteiger partial charge < -0.3 is 15.3 Å². The predicted octanol–water partition coefficient (Wildman–Crippen LogP) is 11.6. The highest BCUT2D eigenvalue weighted by atomic mass is 32.2. The lowest BCUT2D eigenvalue weighted by Crippen LogP contribution is -2.28. The molecule has 0 spiro atoms. The van der Waals surface area contributed by atoms with Crippen molar-refractivity contribution < 1.29 is 5.11 Å². The Hall–Kier alpha value is -3.37. The number of para-hydroxylation sites is 2. The average molecular weight is 581 g/mol. The minimum Gasteiger partial charge on any atom is -0.507 e. The van der Waals surface area contributed by atoms with Gasteiger partial charge in [0, 0.05) is 38.8 Å². The van der Waals surface area contributed by atoms with Crippen LogP contribution in [-0.4, -0.2) is 10.5 Å². The number of unbranched alkanes of at least 4 members (excludes halogenated alkanes) is 2. The number of hydrogen-bond donors (Lipinski definition) is 2. The van der Waals surface area contributed by atoms with E-state index in [1.54, 1.807) is 0 Å². The number of phenols is 1. The number of rotatable bonds is 11. The first kappa shape index (κ1) is 31.6. The van der Waals surface area contributed by atoms with E-state index < -0.39 is 0 Å². The van der Waals surface area contributed by atoms with Gasteiger partial charge in [-0.15, -0.1) is 11.8 Å². The fourth-order valence-electron chi connectivity index (χ4n) is 5.25. The molecule has 3 nitrogen and oxygen atoms in total. The molecule has 1 atom stereocenters. The lowest BCUT2D eigenvalue weighted by molar-refractivity contribution is 0.422. The second kappa shape index (κ2) is 13.7. The molecule has 4 aromatic carbocycles. The van der Waals surface area contributed by atoms with Gasteiger partial charge in [0.2, 0.25) is 0 Å². The van der Waals surface area contributed by atoms with Crippen LogP contribution in [0.1, 0.15) is 85.3 Å². The standard InChI is InChI=1S/C38H48N2OS/c1-8-9-12-21-35(42-32-26-33(37(2,3)4)36(41)34(27-32)38(5,6)7)40(30-19-15-11-16-20-30)31-24-22-29(23-25-31)39-28-17-13-10-14-18-28/h10-11,13-20,22-27,35,39,41H,8-9,12,21H2,1-7H3. The van der Waals surface area contributed by atoms with Crippen molar-refractivity contribution in [2.75, 3.05) is 10.2 Å². The van der Waals surface area contributed by atoms with E-state index in [2.05, 4.69) is 138 Å². The zero-order valence-electron chi connectivity index (χ0n) is 26.4. The number of hydrogen-bond acceptors (Lipinski definition) is 4. The summed E-state index contributed by atoms with van der Waals surface area (Å²) in [6.45, 7) is 15.4. The Morgan fingerprint density at radius 2 is 1.19 bits per heavy atom. The lowest BCUT2D eigenvalue weighted by atomic mass is 9.79. The largest absolute Gasteiger partial charge is 0.507 e. The Morgan fingerprint density at radius 1 is 0.690 bits per heavy atom. The number of phenolic OH excluding ortho intramolecular Hbond substituents is 1. The van der Waals surface area contributed by atoms with E-state index in [9.17, 15) is 5.11 Å². The van der Waals surface area contributed by atoms with Gasteiger partial charge in [-0.05, 0) is 77.9 Å². The van der Waals surface area contributed by atoms with Gasteiger partial charge in [-0.3, -0.25) is 0 Å². The number of benzene rings is 4. The Labute approximate surface area is 258 Å². The highest BCUT2D eigenvalue weighted by Gasteiger charge is 2.29. The van der Waals surface area contributed by atoms with Crippen LogP contribution in [0.5, 0.6) is 5.75 Å². The molecule has 0 saturated carbocycles. The molecular formula is C38H48N2OS. The minimum atomic E-state index is -0.168. The zero-order valence-corrected chi connectivity index (χ0v) is 27.3. The monoisotopic (exact) mass is 580 g/mol. The van der Waals surface area contributed by atoms with Gasteiger partial charge in [0.1, 0.15) is 5.75 Å². The van der Waals surface area contributed by atoms with Crippen LogP contribution in [0.2, 0.25) is 0 Å². The number of aromatic hydroxyl groups is 1. The molecule has 4 heteroatoms. The molecule has 0 aliphatic rings. The molecule has 0 radical (unpaired) electrons. The van der Waals surface area contributed by atoms with Gasteiger partial charge in [-0.25, -0.2) is 0 Å². The molecule has 0 aliphatic heterocycles. The molecule has 0 saturated heterocycles.